The summed E-state index contributed by atoms with van der Waals surface area (Å²) in [5, 5.41) is 8.64. The summed E-state index contributed by atoms with van der Waals surface area (Å²) in [6, 6.07) is 22.2. The molecule has 0 saturated heterocycles. The third kappa shape index (κ3) is 6.04. The highest BCUT2D eigenvalue weighted by molar-refractivity contribution is 5.94. The summed E-state index contributed by atoms with van der Waals surface area (Å²) in [6.45, 7) is 2.68. The number of rotatable bonds is 10. The fourth-order valence-corrected chi connectivity index (χ4v) is 3.16. The van der Waals surface area contributed by atoms with Gasteiger partial charge in [0.25, 0.3) is 0 Å². The first-order valence-corrected chi connectivity index (χ1v) is 9.53. The normalized spacial score (nSPS) is 11.5. The minimum Gasteiger partial charge on any atom is -0.308 e. The molecule has 1 amide bonds. The number of unbranched alkanes of at least 4 members (excludes halogenated alkanes) is 3. The standard InChI is InChI=1S/C23H28N2O/c1-2-21(15-9-3-4-12-18-24)23(26)25(22-16-10-6-11-17-22)19-20-13-7-5-8-14-20/h5-8,10-11,13-14,16-17,21H,2-4,9,12,15,19H2,1H3/t21-/m0/s1. The summed E-state index contributed by atoms with van der Waals surface area (Å²) >= 11 is 0. The van der Waals surface area contributed by atoms with Crippen molar-refractivity contribution >= 4 is 11.6 Å². The topological polar surface area (TPSA) is 44.1 Å². The van der Waals surface area contributed by atoms with Crippen molar-refractivity contribution in [1.29, 1.82) is 5.26 Å². The van der Waals surface area contributed by atoms with Crippen LogP contribution in [0.15, 0.2) is 60.7 Å². The van der Waals surface area contributed by atoms with Gasteiger partial charge in [-0.3, -0.25) is 4.79 Å². The highest BCUT2D eigenvalue weighted by Gasteiger charge is 2.24. The highest BCUT2D eigenvalue weighted by Crippen LogP contribution is 2.24. The number of hydrogen-bond donors (Lipinski definition) is 0. The molecule has 0 saturated carbocycles. The Morgan fingerprint density at radius 2 is 1.65 bits per heavy atom. The van der Waals surface area contributed by atoms with Crippen molar-refractivity contribution in [2.24, 2.45) is 5.92 Å². The first-order valence-electron chi connectivity index (χ1n) is 9.53. The average molecular weight is 348 g/mol. The average Bonchev–Trinajstić information content (AvgIpc) is 2.70. The van der Waals surface area contributed by atoms with Crippen molar-refractivity contribution in [3.8, 4) is 6.07 Å². The lowest BCUT2D eigenvalue weighted by Gasteiger charge is -2.27. The van der Waals surface area contributed by atoms with E-state index >= 15 is 0 Å². The van der Waals surface area contributed by atoms with E-state index < -0.39 is 0 Å². The van der Waals surface area contributed by atoms with E-state index in [9.17, 15) is 4.79 Å². The molecule has 2 aromatic rings. The Morgan fingerprint density at radius 3 is 2.27 bits per heavy atom. The van der Waals surface area contributed by atoms with E-state index in [1.165, 1.54) is 0 Å². The Hall–Kier alpha value is -2.60. The molecular weight excluding hydrogens is 320 g/mol. The van der Waals surface area contributed by atoms with Gasteiger partial charge in [-0.1, -0.05) is 68.3 Å². The van der Waals surface area contributed by atoms with Gasteiger partial charge in [-0.25, -0.2) is 0 Å². The molecule has 3 nitrogen and oxygen atoms in total. The number of hydrogen-bond acceptors (Lipinski definition) is 2. The number of carbonyl (C=O) groups excluding carboxylic acids is 1. The van der Waals surface area contributed by atoms with Crippen molar-refractivity contribution in [2.45, 2.75) is 52.0 Å². The molecule has 0 aliphatic carbocycles. The van der Waals surface area contributed by atoms with Crippen molar-refractivity contribution in [3.05, 3.63) is 66.2 Å². The zero-order valence-electron chi connectivity index (χ0n) is 15.6. The maximum atomic E-state index is 13.3. The van der Waals surface area contributed by atoms with Crippen molar-refractivity contribution in [3.63, 3.8) is 0 Å². The number of carbonyl (C=O) groups is 1. The highest BCUT2D eigenvalue weighted by atomic mass is 16.2. The van der Waals surface area contributed by atoms with Crippen LogP contribution in [-0.4, -0.2) is 5.91 Å². The van der Waals surface area contributed by atoms with Gasteiger partial charge in [-0.15, -0.1) is 0 Å². The lowest BCUT2D eigenvalue weighted by molar-refractivity contribution is -0.122. The van der Waals surface area contributed by atoms with E-state index in [0.717, 1.165) is 43.4 Å². The second-order valence-electron chi connectivity index (χ2n) is 6.61. The van der Waals surface area contributed by atoms with E-state index in [4.69, 9.17) is 5.26 Å². The molecule has 0 bridgehead atoms. The number of nitriles is 1. The second-order valence-corrected chi connectivity index (χ2v) is 6.61. The quantitative estimate of drug-likeness (QED) is 0.515. The summed E-state index contributed by atoms with van der Waals surface area (Å²) in [7, 11) is 0. The third-order valence-corrected chi connectivity index (χ3v) is 4.70. The Labute approximate surface area is 157 Å². The molecule has 136 valence electrons. The van der Waals surface area contributed by atoms with Crippen LogP contribution in [0.5, 0.6) is 0 Å². The maximum absolute atomic E-state index is 13.3. The molecule has 0 fully saturated rings. The van der Waals surface area contributed by atoms with Crippen molar-refractivity contribution in [1.82, 2.24) is 0 Å². The molecule has 0 spiro atoms. The molecule has 1 atom stereocenters. The molecule has 0 aliphatic heterocycles. The van der Waals surface area contributed by atoms with Gasteiger partial charge in [0, 0.05) is 18.0 Å². The number of benzene rings is 2. The molecule has 3 heteroatoms. The molecule has 0 heterocycles. The lowest BCUT2D eigenvalue weighted by Crippen LogP contribution is -2.35. The molecule has 2 rings (SSSR count). The number of para-hydroxylation sites is 1. The largest absolute Gasteiger partial charge is 0.308 e. The molecule has 26 heavy (non-hydrogen) atoms. The first-order chi connectivity index (χ1) is 12.8. The van der Waals surface area contributed by atoms with Gasteiger partial charge in [-0.05, 0) is 37.0 Å². The van der Waals surface area contributed by atoms with Crippen LogP contribution in [0.4, 0.5) is 5.69 Å². The zero-order valence-corrected chi connectivity index (χ0v) is 15.6. The summed E-state index contributed by atoms with van der Waals surface area (Å²) in [5.74, 6) is 0.226. The Bertz CT molecular complexity index is 691. The number of anilines is 1. The van der Waals surface area contributed by atoms with E-state index in [0.29, 0.717) is 13.0 Å². The van der Waals surface area contributed by atoms with Gasteiger partial charge in [0.2, 0.25) is 5.91 Å². The van der Waals surface area contributed by atoms with Crippen LogP contribution in [0.2, 0.25) is 0 Å². The van der Waals surface area contributed by atoms with Gasteiger partial charge in [-0.2, -0.15) is 5.26 Å². The van der Waals surface area contributed by atoms with Gasteiger partial charge in [0.1, 0.15) is 0 Å². The van der Waals surface area contributed by atoms with E-state index in [1.54, 1.807) is 0 Å². The zero-order chi connectivity index (χ0) is 18.6. The van der Waals surface area contributed by atoms with E-state index in [1.807, 2.05) is 53.4 Å². The third-order valence-electron chi connectivity index (χ3n) is 4.70. The monoisotopic (exact) mass is 348 g/mol. The van der Waals surface area contributed by atoms with Crippen molar-refractivity contribution in [2.75, 3.05) is 4.90 Å². The summed E-state index contributed by atoms with van der Waals surface area (Å²) in [4.78, 5) is 15.2. The minimum absolute atomic E-state index is 0.0287. The van der Waals surface area contributed by atoms with Crippen LogP contribution in [0.1, 0.15) is 51.0 Å². The summed E-state index contributed by atoms with van der Waals surface area (Å²) in [5.41, 5.74) is 2.08. The SMILES string of the molecule is CC[C@@H](CCCCCC#N)C(=O)N(Cc1ccccc1)c1ccccc1. The predicted octanol–water partition coefficient (Wildman–Crippen LogP) is 5.72. The smallest absolute Gasteiger partial charge is 0.230 e. The number of nitrogens with zero attached hydrogens (tertiary/aromatic N) is 2. The Kier molecular flexibility index (Phi) is 8.42. The fraction of sp³-hybridized carbons (Fsp3) is 0.391. The van der Waals surface area contributed by atoms with Crippen molar-refractivity contribution < 1.29 is 4.79 Å². The maximum Gasteiger partial charge on any atom is 0.230 e. The summed E-state index contributed by atoms with van der Waals surface area (Å²) in [6.07, 6.45) is 5.28. The molecule has 2 aromatic carbocycles. The fourth-order valence-electron chi connectivity index (χ4n) is 3.16. The first kappa shape index (κ1) is 19.7. The van der Waals surface area contributed by atoms with Gasteiger partial charge in [0.05, 0.1) is 12.6 Å². The lowest BCUT2D eigenvalue weighted by atomic mass is 9.96. The summed E-state index contributed by atoms with van der Waals surface area (Å²) < 4.78 is 0. The van der Waals surface area contributed by atoms with Crippen LogP contribution in [0.3, 0.4) is 0 Å². The van der Waals surface area contributed by atoms with Crippen LogP contribution >= 0.6 is 0 Å². The van der Waals surface area contributed by atoms with Crippen LogP contribution in [-0.2, 0) is 11.3 Å². The van der Waals surface area contributed by atoms with Gasteiger partial charge >= 0.3 is 0 Å². The molecule has 0 aromatic heterocycles. The number of amides is 1. The second kappa shape index (κ2) is 11.1. The molecule has 0 aliphatic rings. The molecule has 0 unspecified atom stereocenters. The van der Waals surface area contributed by atoms with Crippen LogP contribution in [0, 0.1) is 17.2 Å². The van der Waals surface area contributed by atoms with Crippen LogP contribution < -0.4 is 4.90 Å². The Balaban J connectivity index is 2.09. The van der Waals surface area contributed by atoms with E-state index in [2.05, 4.69) is 25.1 Å². The van der Waals surface area contributed by atoms with Gasteiger partial charge in [0.15, 0.2) is 0 Å². The van der Waals surface area contributed by atoms with Gasteiger partial charge < -0.3 is 4.90 Å². The van der Waals surface area contributed by atoms with E-state index in [-0.39, 0.29) is 11.8 Å². The molecule has 0 N–H and O–H groups in total. The predicted molar refractivity (Wildman–Crippen MR) is 107 cm³/mol. The van der Waals surface area contributed by atoms with Crippen LogP contribution in [0.25, 0.3) is 0 Å². The Morgan fingerprint density at radius 1 is 1.00 bits per heavy atom. The minimum atomic E-state index is 0.0287. The molecular formula is C23H28N2O. The molecule has 0 radical (unpaired) electrons.